The van der Waals surface area contributed by atoms with Gasteiger partial charge in [0.2, 0.25) is 5.91 Å². The Bertz CT molecular complexity index is 388. The van der Waals surface area contributed by atoms with E-state index in [2.05, 4.69) is 26.0 Å². The number of anilines is 1. The van der Waals surface area contributed by atoms with E-state index in [4.69, 9.17) is 0 Å². The highest BCUT2D eigenvalue weighted by molar-refractivity contribution is 9.09. The molecule has 1 N–H and O–H groups in total. The molecule has 1 aromatic carbocycles. The van der Waals surface area contributed by atoms with Crippen molar-refractivity contribution in [2.75, 3.05) is 10.6 Å². The first kappa shape index (κ1) is 14.9. The minimum Gasteiger partial charge on any atom is -0.435 e. The highest BCUT2D eigenvalue weighted by Gasteiger charge is 2.06. The average molecular weight is 322 g/mol. The van der Waals surface area contributed by atoms with Crippen molar-refractivity contribution < 1.29 is 18.3 Å². The smallest absolute Gasteiger partial charge is 0.387 e. The molecule has 0 unspecified atom stereocenters. The van der Waals surface area contributed by atoms with Crippen molar-refractivity contribution >= 4 is 27.5 Å². The molecule has 6 heteroatoms. The van der Waals surface area contributed by atoms with E-state index in [0.29, 0.717) is 12.1 Å². The number of hydrogen-bond donors (Lipinski definition) is 1. The second-order valence-corrected chi connectivity index (χ2v) is 4.39. The summed E-state index contributed by atoms with van der Waals surface area (Å²) in [5.74, 6) is -0.103. The quantitative estimate of drug-likeness (QED) is 0.613. The molecule has 0 aliphatic rings. The topological polar surface area (TPSA) is 38.3 Å². The molecule has 0 atom stereocenters. The van der Waals surface area contributed by atoms with Crippen LogP contribution in [-0.4, -0.2) is 17.8 Å². The number of unbranched alkanes of at least 4 members (excludes halogenated alkanes) is 1. The lowest BCUT2D eigenvalue weighted by molar-refractivity contribution is -0.116. The van der Waals surface area contributed by atoms with Crippen LogP contribution in [0.5, 0.6) is 5.75 Å². The first-order valence-corrected chi connectivity index (χ1v) is 6.64. The maximum Gasteiger partial charge on any atom is 0.387 e. The van der Waals surface area contributed by atoms with E-state index in [1.54, 1.807) is 12.1 Å². The van der Waals surface area contributed by atoms with Crippen LogP contribution in [0, 0.1) is 0 Å². The molecule has 1 amide bonds. The lowest BCUT2D eigenvalue weighted by Crippen LogP contribution is -2.11. The number of amides is 1. The van der Waals surface area contributed by atoms with E-state index in [-0.39, 0.29) is 11.7 Å². The molecular weight excluding hydrogens is 308 g/mol. The zero-order valence-electron chi connectivity index (χ0n) is 9.67. The Morgan fingerprint density at radius 2 is 2.17 bits per heavy atom. The van der Waals surface area contributed by atoms with Crippen LogP contribution < -0.4 is 10.1 Å². The van der Waals surface area contributed by atoms with E-state index in [9.17, 15) is 13.6 Å². The van der Waals surface area contributed by atoms with Gasteiger partial charge in [0.1, 0.15) is 5.75 Å². The Kier molecular flexibility index (Phi) is 6.64. The van der Waals surface area contributed by atoms with Crippen LogP contribution in [-0.2, 0) is 4.79 Å². The summed E-state index contributed by atoms with van der Waals surface area (Å²) in [7, 11) is 0. The fourth-order valence-corrected chi connectivity index (χ4v) is 1.75. The van der Waals surface area contributed by atoms with Crippen LogP contribution in [0.25, 0.3) is 0 Å². The summed E-state index contributed by atoms with van der Waals surface area (Å²) in [6.07, 6.45) is 2.11. The van der Waals surface area contributed by atoms with Crippen molar-refractivity contribution in [2.45, 2.75) is 25.9 Å². The van der Waals surface area contributed by atoms with Gasteiger partial charge >= 0.3 is 6.61 Å². The lowest BCUT2D eigenvalue weighted by atomic mass is 10.2. The van der Waals surface area contributed by atoms with E-state index in [1.165, 1.54) is 12.1 Å². The van der Waals surface area contributed by atoms with Gasteiger partial charge in [-0.1, -0.05) is 22.0 Å². The SMILES string of the molecule is O=C(CCCCBr)Nc1cccc(OC(F)F)c1. The highest BCUT2D eigenvalue weighted by atomic mass is 79.9. The number of carbonyl (C=O) groups is 1. The minimum atomic E-state index is -2.87. The Hall–Kier alpha value is -1.17. The summed E-state index contributed by atoms with van der Waals surface area (Å²) in [5.41, 5.74) is 0.456. The fourth-order valence-electron chi connectivity index (χ4n) is 1.35. The number of halogens is 3. The van der Waals surface area contributed by atoms with Gasteiger partial charge in [0.05, 0.1) is 0 Å². The first-order valence-electron chi connectivity index (χ1n) is 5.52. The number of ether oxygens (including phenoxy) is 1. The minimum absolute atomic E-state index is 0.0308. The molecule has 0 aliphatic heterocycles. The van der Waals surface area contributed by atoms with Crippen molar-refractivity contribution in [3.05, 3.63) is 24.3 Å². The predicted octanol–water partition coefficient (Wildman–Crippen LogP) is 3.79. The van der Waals surface area contributed by atoms with Gasteiger partial charge in [0, 0.05) is 23.5 Å². The van der Waals surface area contributed by atoms with Crippen LogP contribution in [0.2, 0.25) is 0 Å². The third-order valence-corrected chi connectivity index (χ3v) is 2.69. The maximum atomic E-state index is 12.0. The van der Waals surface area contributed by atoms with Gasteiger partial charge in [0.25, 0.3) is 0 Å². The zero-order chi connectivity index (χ0) is 13.4. The molecule has 0 heterocycles. The van der Waals surface area contributed by atoms with E-state index in [1.807, 2.05) is 0 Å². The third kappa shape index (κ3) is 5.95. The van der Waals surface area contributed by atoms with Gasteiger partial charge in [-0.3, -0.25) is 4.79 Å². The zero-order valence-corrected chi connectivity index (χ0v) is 11.3. The largest absolute Gasteiger partial charge is 0.435 e. The molecule has 0 aromatic heterocycles. The van der Waals surface area contributed by atoms with Gasteiger partial charge in [-0.2, -0.15) is 8.78 Å². The Labute approximate surface area is 113 Å². The molecule has 1 aromatic rings. The van der Waals surface area contributed by atoms with Gasteiger partial charge in [-0.05, 0) is 25.0 Å². The molecule has 1 rings (SSSR count). The molecule has 0 saturated carbocycles. The molecule has 3 nitrogen and oxygen atoms in total. The second kappa shape index (κ2) is 8.02. The summed E-state index contributed by atoms with van der Waals surface area (Å²) in [6, 6.07) is 5.95. The van der Waals surface area contributed by atoms with E-state index >= 15 is 0 Å². The highest BCUT2D eigenvalue weighted by Crippen LogP contribution is 2.19. The molecule has 0 spiro atoms. The summed E-state index contributed by atoms with van der Waals surface area (Å²) < 4.78 is 28.3. The van der Waals surface area contributed by atoms with Crippen molar-refractivity contribution in [2.24, 2.45) is 0 Å². The lowest BCUT2D eigenvalue weighted by Gasteiger charge is -2.08. The Morgan fingerprint density at radius 1 is 1.39 bits per heavy atom. The van der Waals surface area contributed by atoms with Gasteiger partial charge < -0.3 is 10.1 Å². The monoisotopic (exact) mass is 321 g/mol. The normalized spacial score (nSPS) is 10.4. The van der Waals surface area contributed by atoms with Crippen molar-refractivity contribution in [3.8, 4) is 5.75 Å². The van der Waals surface area contributed by atoms with Gasteiger partial charge in [-0.15, -0.1) is 0 Å². The predicted molar refractivity (Wildman–Crippen MR) is 69.3 cm³/mol. The van der Waals surface area contributed by atoms with Gasteiger partial charge in [-0.25, -0.2) is 0 Å². The van der Waals surface area contributed by atoms with E-state index < -0.39 is 6.61 Å². The molecule has 18 heavy (non-hydrogen) atoms. The third-order valence-electron chi connectivity index (χ3n) is 2.13. The second-order valence-electron chi connectivity index (χ2n) is 3.60. The van der Waals surface area contributed by atoms with Crippen LogP contribution in [0.3, 0.4) is 0 Å². The summed E-state index contributed by atoms with van der Waals surface area (Å²) >= 11 is 3.28. The van der Waals surface area contributed by atoms with Crippen LogP contribution in [0.15, 0.2) is 24.3 Å². The molecule has 0 bridgehead atoms. The number of rotatable bonds is 7. The molecule has 0 radical (unpaired) electrons. The number of hydrogen-bond acceptors (Lipinski definition) is 2. The van der Waals surface area contributed by atoms with Crippen LogP contribution >= 0.6 is 15.9 Å². The maximum absolute atomic E-state index is 12.0. The first-order chi connectivity index (χ1) is 8.61. The summed E-state index contributed by atoms with van der Waals surface area (Å²) in [4.78, 5) is 11.5. The Balaban J connectivity index is 2.48. The van der Waals surface area contributed by atoms with Crippen LogP contribution in [0.1, 0.15) is 19.3 Å². The molecular formula is C12H14BrF2NO2. The number of nitrogens with one attached hydrogen (secondary N) is 1. The molecule has 0 saturated heterocycles. The van der Waals surface area contributed by atoms with Crippen molar-refractivity contribution in [1.82, 2.24) is 0 Å². The Morgan fingerprint density at radius 3 is 2.83 bits per heavy atom. The molecule has 0 aliphatic carbocycles. The molecule has 0 fully saturated rings. The number of carbonyl (C=O) groups excluding carboxylic acids is 1. The van der Waals surface area contributed by atoms with Crippen LogP contribution in [0.4, 0.5) is 14.5 Å². The number of alkyl halides is 3. The standard InChI is InChI=1S/C12H14BrF2NO2/c13-7-2-1-6-11(17)16-9-4-3-5-10(8-9)18-12(14)15/h3-5,8,12H,1-2,6-7H2,(H,16,17). The summed E-state index contributed by atoms with van der Waals surface area (Å²) in [6.45, 7) is -2.87. The fraction of sp³-hybridized carbons (Fsp3) is 0.417. The van der Waals surface area contributed by atoms with Gasteiger partial charge in [0.15, 0.2) is 0 Å². The molecule has 100 valence electrons. The number of benzene rings is 1. The average Bonchev–Trinajstić information content (AvgIpc) is 2.28. The van der Waals surface area contributed by atoms with Crippen molar-refractivity contribution in [3.63, 3.8) is 0 Å². The van der Waals surface area contributed by atoms with Crippen molar-refractivity contribution in [1.29, 1.82) is 0 Å². The summed E-state index contributed by atoms with van der Waals surface area (Å²) in [5, 5.41) is 3.49. The van der Waals surface area contributed by atoms with E-state index in [0.717, 1.165) is 18.2 Å².